The summed E-state index contributed by atoms with van der Waals surface area (Å²) in [6.07, 6.45) is 3.49. The average molecular weight is 685 g/mol. The quantitative estimate of drug-likeness (QED) is 0.292. The van der Waals surface area contributed by atoms with Crippen LogP contribution in [0.25, 0.3) is 0 Å². The molecule has 5 rings (SSSR count). The molecule has 0 bridgehead atoms. The Morgan fingerprint density at radius 3 is 1.95 bits per heavy atom. The van der Waals surface area contributed by atoms with Gasteiger partial charge >= 0.3 is 0 Å². The van der Waals surface area contributed by atoms with Gasteiger partial charge in [-0.1, -0.05) is 62.7 Å². The number of ketones is 2. The fourth-order valence-corrected chi connectivity index (χ4v) is 7.50. The lowest BCUT2D eigenvalue weighted by atomic mass is 9.63. The van der Waals surface area contributed by atoms with E-state index >= 15 is 0 Å². The SMILES string of the molecule is CCCN1C2=C(C(=O)CC(C)(C)C2)C(c2cc(Br)c(OCc3ccc(Br)cc3)c(OC)c2)C2=C1CC(C)(C)CC2=O. The Morgan fingerprint density at radius 2 is 1.44 bits per heavy atom. The molecule has 0 saturated heterocycles. The lowest BCUT2D eigenvalue weighted by molar-refractivity contribution is -0.119. The monoisotopic (exact) mass is 683 g/mol. The van der Waals surface area contributed by atoms with Gasteiger partial charge in [0.05, 0.1) is 11.6 Å². The van der Waals surface area contributed by atoms with Crippen molar-refractivity contribution in [2.75, 3.05) is 13.7 Å². The normalized spacial score (nSPS) is 20.2. The highest BCUT2D eigenvalue weighted by molar-refractivity contribution is 9.10. The summed E-state index contributed by atoms with van der Waals surface area (Å²) in [5.41, 5.74) is 5.38. The molecule has 2 aromatic rings. The van der Waals surface area contributed by atoms with Crippen molar-refractivity contribution in [3.63, 3.8) is 0 Å². The molecule has 0 spiro atoms. The maximum atomic E-state index is 14.0. The van der Waals surface area contributed by atoms with Crippen LogP contribution in [0.4, 0.5) is 0 Å². The zero-order valence-electron chi connectivity index (χ0n) is 24.8. The third-order valence-corrected chi connectivity index (χ3v) is 9.47. The minimum absolute atomic E-state index is 0.136. The van der Waals surface area contributed by atoms with E-state index in [9.17, 15) is 9.59 Å². The molecular formula is C34H39Br2NO4. The van der Waals surface area contributed by atoms with Gasteiger partial charge in [-0.3, -0.25) is 9.59 Å². The summed E-state index contributed by atoms with van der Waals surface area (Å²) in [5, 5.41) is 0. The van der Waals surface area contributed by atoms with Gasteiger partial charge in [0.1, 0.15) is 6.61 Å². The zero-order chi connectivity index (χ0) is 29.7. The number of hydrogen-bond acceptors (Lipinski definition) is 5. The van der Waals surface area contributed by atoms with Gasteiger partial charge in [-0.2, -0.15) is 0 Å². The van der Waals surface area contributed by atoms with Crippen molar-refractivity contribution in [1.82, 2.24) is 4.90 Å². The van der Waals surface area contributed by atoms with Crippen LogP contribution in [-0.4, -0.2) is 30.1 Å². The highest BCUT2D eigenvalue weighted by Crippen LogP contribution is 2.55. The minimum Gasteiger partial charge on any atom is -0.493 e. The van der Waals surface area contributed by atoms with E-state index in [1.54, 1.807) is 7.11 Å². The number of halogens is 2. The third kappa shape index (κ3) is 5.94. The smallest absolute Gasteiger partial charge is 0.175 e. The summed E-state index contributed by atoms with van der Waals surface area (Å²) in [6.45, 7) is 12.0. The van der Waals surface area contributed by atoms with Crippen LogP contribution in [-0.2, 0) is 16.2 Å². The first-order valence-corrected chi connectivity index (χ1v) is 16.0. The van der Waals surface area contributed by atoms with E-state index in [0.717, 1.165) is 68.4 Å². The van der Waals surface area contributed by atoms with Crippen LogP contribution in [0, 0.1) is 10.8 Å². The molecule has 0 unspecified atom stereocenters. The van der Waals surface area contributed by atoms with Crippen LogP contribution < -0.4 is 9.47 Å². The summed E-state index contributed by atoms with van der Waals surface area (Å²) in [4.78, 5) is 30.3. The van der Waals surface area contributed by atoms with Gasteiger partial charge in [-0.15, -0.1) is 0 Å². The first-order chi connectivity index (χ1) is 19.3. The van der Waals surface area contributed by atoms with E-state index in [2.05, 4.69) is 71.4 Å². The Morgan fingerprint density at radius 1 is 0.878 bits per heavy atom. The van der Waals surface area contributed by atoms with Crippen molar-refractivity contribution in [3.05, 3.63) is 79.0 Å². The van der Waals surface area contributed by atoms with Gasteiger partial charge in [0.15, 0.2) is 23.1 Å². The topological polar surface area (TPSA) is 55.8 Å². The Hall–Kier alpha value is -2.38. The molecule has 5 nitrogen and oxygen atoms in total. The first kappa shape index (κ1) is 30.1. The summed E-state index contributed by atoms with van der Waals surface area (Å²) < 4.78 is 13.8. The number of allylic oxidation sites excluding steroid dienone is 4. The average Bonchev–Trinajstić information content (AvgIpc) is 2.88. The molecule has 0 aromatic heterocycles. The fourth-order valence-electron chi connectivity index (χ4n) is 6.66. The fraction of sp³-hybridized carbons (Fsp3) is 0.471. The Kier molecular flexibility index (Phi) is 8.34. The van der Waals surface area contributed by atoms with E-state index in [4.69, 9.17) is 9.47 Å². The van der Waals surface area contributed by atoms with Gasteiger partial charge in [0.2, 0.25) is 0 Å². The zero-order valence-corrected chi connectivity index (χ0v) is 28.0. The van der Waals surface area contributed by atoms with E-state index < -0.39 is 5.92 Å². The van der Waals surface area contributed by atoms with Crippen molar-refractivity contribution in [2.24, 2.45) is 10.8 Å². The number of ether oxygens (including phenoxy) is 2. The minimum atomic E-state index is -0.425. The van der Waals surface area contributed by atoms with Crippen molar-refractivity contribution in [1.29, 1.82) is 0 Å². The lowest BCUT2D eigenvalue weighted by Crippen LogP contribution is -2.44. The molecule has 2 aromatic carbocycles. The van der Waals surface area contributed by atoms with E-state index in [0.29, 0.717) is 30.9 Å². The van der Waals surface area contributed by atoms with Gasteiger partial charge in [0, 0.05) is 52.3 Å². The number of Topliss-reactive ketones (excluding diaryl/α,β-unsaturated/α-hetero) is 2. The number of carbonyl (C=O) groups excluding carboxylic acids is 2. The van der Waals surface area contributed by atoms with Crippen molar-refractivity contribution in [2.45, 2.75) is 79.2 Å². The molecule has 0 fully saturated rings. The van der Waals surface area contributed by atoms with Crippen LogP contribution >= 0.6 is 31.9 Å². The van der Waals surface area contributed by atoms with Gasteiger partial charge in [-0.25, -0.2) is 0 Å². The first-order valence-electron chi connectivity index (χ1n) is 14.4. The summed E-state index contributed by atoms with van der Waals surface area (Å²) in [6, 6.07) is 12.0. The molecular weight excluding hydrogens is 646 g/mol. The van der Waals surface area contributed by atoms with Gasteiger partial charge in [0.25, 0.3) is 0 Å². The van der Waals surface area contributed by atoms with Crippen molar-refractivity contribution < 1.29 is 19.1 Å². The second-order valence-corrected chi connectivity index (χ2v) is 14.9. The second kappa shape index (κ2) is 11.4. The van der Waals surface area contributed by atoms with Crippen LogP contribution in [0.15, 0.2) is 67.9 Å². The molecule has 0 amide bonds. The number of carbonyl (C=O) groups is 2. The number of rotatable bonds is 7. The van der Waals surface area contributed by atoms with E-state index in [1.807, 2.05) is 36.4 Å². The van der Waals surface area contributed by atoms with Crippen LogP contribution in [0.5, 0.6) is 11.5 Å². The molecule has 0 atom stereocenters. The van der Waals surface area contributed by atoms with Crippen molar-refractivity contribution in [3.8, 4) is 11.5 Å². The predicted molar refractivity (Wildman–Crippen MR) is 169 cm³/mol. The number of methoxy groups -OCH3 is 1. The molecule has 0 N–H and O–H groups in total. The molecule has 3 aliphatic rings. The number of hydrogen-bond donors (Lipinski definition) is 0. The van der Waals surface area contributed by atoms with Crippen LogP contribution in [0.1, 0.15) is 83.8 Å². The Bertz CT molecular complexity index is 1400. The highest BCUT2D eigenvalue weighted by Gasteiger charge is 2.49. The number of benzene rings is 2. The summed E-state index contributed by atoms with van der Waals surface area (Å²) in [5.74, 6) is 1.01. The van der Waals surface area contributed by atoms with Crippen LogP contribution in [0.3, 0.4) is 0 Å². The van der Waals surface area contributed by atoms with E-state index in [-0.39, 0.29) is 22.4 Å². The van der Waals surface area contributed by atoms with Gasteiger partial charge in [-0.05, 0) is 81.4 Å². The Labute approximate surface area is 260 Å². The number of nitrogens with zero attached hydrogens (tertiary/aromatic N) is 1. The van der Waals surface area contributed by atoms with Crippen molar-refractivity contribution >= 4 is 43.4 Å². The molecule has 1 heterocycles. The standard InChI is InChI=1S/C34H39Br2NO4/c1-7-12-37-24-15-33(2,3)17-26(38)30(24)29(31-25(37)16-34(4,5)18-27(31)39)21-13-23(36)32(28(14-21)40-6)41-19-20-8-10-22(35)11-9-20/h8-11,13-14,29H,7,12,15-19H2,1-6H3. The lowest BCUT2D eigenvalue weighted by Gasteiger charge is -2.49. The third-order valence-electron chi connectivity index (χ3n) is 8.35. The highest BCUT2D eigenvalue weighted by atomic mass is 79.9. The molecule has 0 radical (unpaired) electrons. The largest absolute Gasteiger partial charge is 0.493 e. The van der Waals surface area contributed by atoms with E-state index in [1.165, 1.54) is 0 Å². The van der Waals surface area contributed by atoms with Crippen LogP contribution in [0.2, 0.25) is 0 Å². The summed E-state index contributed by atoms with van der Waals surface area (Å²) >= 11 is 7.22. The molecule has 7 heteroatoms. The maximum Gasteiger partial charge on any atom is 0.175 e. The molecule has 1 aliphatic heterocycles. The predicted octanol–water partition coefficient (Wildman–Crippen LogP) is 8.89. The van der Waals surface area contributed by atoms with Gasteiger partial charge < -0.3 is 14.4 Å². The molecule has 0 saturated carbocycles. The molecule has 2 aliphatic carbocycles. The molecule has 41 heavy (non-hydrogen) atoms. The Balaban J connectivity index is 1.65. The summed E-state index contributed by atoms with van der Waals surface area (Å²) in [7, 11) is 1.62. The molecule has 218 valence electrons. The maximum absolute atomic E-state index is 14.0. The second-order valence-electron chi connectivity index (χ2n) is 13.1.